The molecular formula is C19H33BO2. The predicted molar refractivity (Wildman–Crippen MR) is 96.4 cm³/mol. The summed E-state index contributed by atoms with van der Waals surface area (Å²) in [6.45, 7) is 6.95. The van der Waals surface area contributed by atoms with Gasteiger partial charge in [-0.05, 0) is 35.7 Å². The highest BCUT2D eigenvalue weighted by Crippen LogP contribution is 2.22. The Labute approximate surface area is 137 Å². The second kappa shape index (κ2) is 10.1. The van der Waals surface area contributed by atoms with E-state index in [1.54, 1.807) is 6.07 Å². The van der Waals surface area contributed by atoms with Gasteiger partial charge in [0.1, 0.15) is 0 Å². The van der Waals surface area contributed by atoms with Crippen molar-refractivity contribution in [2.45, 2.75) is 78.6 Å². The minimum Gasteiger partial charge on any atom is -0.423 e. The average Bonchev–Trinajstić information content (AvgIpc) is 2.44. The molecule has 0 radical (unpaired) electrons. The summed E-state index contributed by atoms with van der Waals surface area (Å²) in [7, 11) is -1.35. The quantitative estimate of drug-likeness (QED) is 0.505. The molecule has 0 bridgehead atoms. The molecule has 0 aliphatic carbocycles. The van der Waals surface area contributed by atoms with E-state index >= 15 is 0 Å². The van der Waals surface area contributed by atoms with E-state index in [2.05, 4.69) is 26.8 Å². The fourth-order valence-corrected chi connectivity index (χ4v) is 2.78. The van der Waals surface area contributed by atoms with Gasteiger partial charge in [-0.1, -0.05) is 83.6 Å². The fourth-order valence-electron chi connectivity index (χ4n) is 2.78. The Bertz CT molecular complexity index is 410. The third-order valence-corrected chi connectivity index (χ3v) is 4.14. The highest BCUT2D eigenvalue weighted by Gasteiger charge is 2.10. The zero-order chi connectivity index (χ0) is 16.4. The van der Waals surface area contributed by atoms with Crippen LogP contribution in [0.3, 0.4) is 0 Å². The Morgan fingerprint density at radius 3 is 2.05 bits per heavy atom. The average molecular weight is 304 g/mol. The summed E-state index contributed by atoms with van der Waals surface area (Å²) in [6, 6.07) is 7.63. The molecule has 3 heteroatoms. The lowest BCUT2D eigenvalue weighted by Gasteiger charge is -2.17. The molecule has 124 valence electrons. The lowest BCUT2D eigenvalue weighted by atomic mass is 9.79. The molecule has 1 aromatic carbocycles. The van der Waals surface area contributed by atoms with Crippen molar-refractivity contribution >= 4 is 12.6 Å². The Hall–Kier alpha value is -0.795. The normalized spacial score (nSPS) is 11.7. The minimum absolute atomic E-state index is 0.483. The zero-order valence-electron chi connectivity index (χ0n) is 14.6. The molecule has 0 heterocycles. The van der Waals surface area contributed by atoms with E-state index in [0.717, 1.165) is 6.42 Å². The molecule has 1 aromatic rings. The molecule has 0 saturated carbocycles. The molecule has 0 amide bonds. The number of hydrogen-bond donors (Lipinski definition) is 2. The van der Waals surface area contributed by atoms with Crippen LogP contribution in [0.4, 0.5) is 0 Å². The molecule has 0 aromatic heterocycles. The standard InChI is InChI=1S/C19H33BO2/c1-19(2,3)15-10-8-6-4-5-7-9-12-17-13-11-14-18(16-17)20(21)22/h11,13-14,16,21-22H,4-10,12,15H2,1-3H3. The van der Waals surface area contributed by atoms with Crippen molar-refractivity contribution in [3.63, 3.8) is 0 Å². The third kappa shape index (κ3) is 9.27. The van der Waals surface area contributed by atoms with Crippen LogP contribution in [0.25, 0.3) is 0 Å². The van der Waals surface area contributed by atoms with Crippen LogP contribution in [0.1, 0.15) is 77.7 Å². The van der Waals surface area contributed by atoms with Crippen LogP contribution in [0.15, 0.2) is 24.3 Å². The molecule has 0 aliphatic heterocycles. The number of benzene rings is 1. The van der Waals surface area contributed by atoms with Crippen molar-refractivity contribution in [3.8, 4) is 0 Å². The Kier molecular flexibility index (Phi) is 8.81. The lowest BCUT2D eigenvalue weighted by Crippen LogP contribution is -2.29. The molecule has 22 heavy (non-hydrogen) atoms. The summed E-state index contributed by atoms with van der Waals surface area (Å²) in [5, 5.41) is 18.3. The molecule has 0 unspecified atom stereocenters. The minimum atomic E-state index is -1.35. The summed E-state index contributed by atoms with van der Waals surface area (Å²) < 4.78 is 0. The van der Waals surface area contributed by atoms with E-state index in [4.69, 9.17) is 10.0 Å². The maximum absolute atomic E-state index is 9.17. The Morgan fingerprint density at radius 1 is 0.864 bits per heavy atom. The number of rotatable bonds is 10. The second-order valence-corrected chi connectivity index (χ2v) is 7.65. The van der Waals surface area contributed by atoms with Gasteiger partial charge in [-0.3, -0.25) is 0 Å². The van der Waals surface area contributed by atoms with Crippen LogP contribution in [-0.4, -0.2) is 17.2 Å². The van der Waals surface area contributed by atoms with Crippen molar-refractivity contribution in [3.05, 3.63) is 29.8 Å². The first kappa shape index (κ1) is 19.3. The van der Waals surface area contributed by atoms with Gasteiger partial charge in [0.25, 0.3) is 0 Å². The fraction of sp³-hybridized carbons (Fsp3) is 0.684. The Morgan fingerprint density at radius 2 is 1.45 bits per heavy atom. The summed E-state index contributed by atoms with van der Waals surface area (Å²) in [6.07, 6.45) is 11.6. The van der Waals surface area contributed by atoms with Gasteiger partial charge in [0.05, 0.1) is 0 Å². The van der Waals surface area contributed by atoms with Gasteiger partial charge < -0.3 is 10.0 Å². The van der Waals surface area contributed by atoms with Crippen molar-refractivity contribution in [1.29, 1.82) is 0 Å². The maximum Gasteiger partial charge on any atom is 0.488 e. The summed E-state index contributed by atoms with van der Waals surface area (Å²) in [5.74, 6) is 0. The van der Waals surface area contributed by atoms with Gasteiger partial charge in [-0.25, -0.2) is 0 Å². The topological polar surface area (TPSA) is 40.5 Å². The molecule has 0 atom stereocenters. The molecule has 0 fully saturated rings. The van der Waals surface area contributed by atoms with Crippen LogP contribution in [0.5, 0.6) is 0 Å². The molecule has 2 nitrogen and oxygen atoms in total. The van der Waals surface area contributed by atoms with Crippen LogP contribution >= 0.6 is 0 Å². The molecule has 0 saturated heterocycles. The first-order valence-corrected chi connectivity index (χ1v) is 8.83. The molecule has 1 rings (SSSR count). The maximum atomic E-state index is 9.17. The monoisotopic (exact) mass is 304 g/mol. The van der Waals surface area contributed by atoms with Crippen molar-refractivity contribution in [1.82, 2.24) is 0 Å². The van der Waals surface area contributed by atoms with E-state index in [1.165, 1.54) is 56.9 Å². The smallest absolute Gasteiger partial charge is 0.423 e. The van der Waals surface area contributed by atoms with Crippen LogP contribution in [0.2, 0.25) is 0 Å². The van der Waals surface area contributed by atoms with Crippen molar-refractivity contribution in [2.75, 3.05) is 0 Å². The van der Waals surface area contributed by atoms with Gasteiger partial charge >= 0.3 is 7.12 Å². The van der Waals surface area contributed by atoms with Gasteiger partial charge in [0, 0.05) is 0 Å². The van der Waals surface area contributed by atoms with Gasteiger partial charge in [0.2, 0.25) is 0 Å². The lowest BCUT2D eigenvalue weighted by molar-refractivity contribution is 0.356. The van der Waals surface area contributed by atoms with Gasteiger partial charge in [-0.2, -0.15) is 0 Å². The number of unbranched alkanes of at least 4 members (excludes halogenated alkanes) is 6. The van der Waals surface area contributed by atoms with E-state index < -0.39 is 7.12 Å². The summed E-state index contributed by atoms with van der Waals surface area (Å²) in [5.41, 5.74) is 2.28. The predicted octanol–water partition coefficient (Wildman–Crippen LogP) is 4.08. The Balaban J connectivity index is 2.03. The van der Waals surface area contributed by atoms with Crippen LogP contribution < -0.4 is 5.46 Å². The second-order valence-electron chi connectivity index (χ2n) is 7.65. The highest BCUT2D eigenvalue weighted by molar-refractivity contribution is 6.58. The summed E-state index contributed by atoms with van der Waals surface area (Å²) in [4.78, 5) is 0. The first-order valence-electron chi connectivity index (χ1n) is 8.83. The number of hydrogen-bond acceptors (Lipinski definition) is 2. The van der Waals surface area contributed by atoms with E-state index in [-0.39, 0.29) is 0 Å². The summed E-state index contributed by atoms with van der Waals surface area (Å²) >= 11 is 0. The first-order chi connectivity index (χ1) is 10.4. The third-order valence-electron chi connectivity index (χ3n) is 4.14. The van der Waals surface area contributed by atoms with Gasteiger partial charge in [-0.15, -0.1) is 0 Å². The SMILES string of the molecule is CC(C)(C)CCCCCCCCCc1cccc(B(O)O)c1. The zero-order valence-corrected chi connectivity index (χ0v) is 14.6. The van der Waals surface area contributed by atoms with Crippen LogP contribution in [-0.2, 0) is 6.42 Å². The van der Waals surface area contributed by atoms with Crippen molar-refractivity contribution in [2.24, 2.45) is 5.41 Å². The molecular weight excluding hydrogens is 271 g/mol. The largest absolute Gasteiger partial charge is 0.488 e. The molecule has 0 spiro atoms. The van der Waals surface area contributed by atoms with E-state index in [9.17, 15) is 0 Å². The van der Waals surface area contributed by atoms with E-state index in [0.29, 0.717) is 10.9 Å². The highest BCUT2D eigenvalue weighted by atomic mass is 16.4. The molecule has 0 aliphatic rings. The van der Waals surface area contributed by atoms with Gasteiger partial charge in [0.15, 0.2) is 0 Å². The molecule has 2 N–H and O–H groups in total. The van der Waals surface area contributed by atoms with E-state index in [1.807, 2.05) is 12.1 Å². The van der Waals surface area contributed by atoms with Crippen LogP contribution in [0, 0.1) is 5.41 Å². The number of aryl methyl sites for hydroxylation is 1. The van der Waals surface area contributed by atoms with Crippen molar-refractivity contribution < 1.29 is 10.0 Å².